The van der Waals surface area contributed by atoms with Gasteiger partial charge in [0.15, 0.2) is 0 Å². The summed E-state index contributed by atoms with van der Waals surface area (Å²) in [7, 11) is -1.98. The zero-order chi connectivity index (χ0) is 16.6. The molecule has 0 heterocycles. The van der Waals surface area contributed by atoms with Gasteiger partial charge in [0.1, 0.15) is 6.10 Å². The fraction of sp³-hybridized carbons (Fsp3) is 0.100. The van der Waals surface area contributed by atoms with Crippen LogP contribution in [0.3, 0.4) is 0 Å². The molecule has 0 saturated heterocycles. The molecule has 0 unspecified atom stereocenters. The van der Waals surface area contributed by atoms with E-state index in [2.05, 4.69) is 12.1 Å². The van der Waals surface area contributed by atoms with Crippen molar-refractivity contribution in [2.24, 2.45) is 0 Å². The molecule has 0 radical (unpaired) electrons. The minimum atomic E-state index is -3.41. The van der Waals surface area contributed by atoms with Gasteiger partial charge < -0.3 is 4.52 Å². The number of hydrogen-bond acceptors (Lipinski definition) is 3. The molecular weight excluding hydrogens is 319 g/mol. The Morgan fingerprint density at radius 3 is 1.79 bits per heavy atom. The average molecular weight is 336 g/mol. The van der Waals surface area contributed by atoms with Crippen LogP contribution in [-0.2, 0) is 13.6 Å². The Kier molecular flexibility index (Phi) is 3.85. The van der Waals surface area contributed by atoms with Crippen molar-refractivity contribution in [1.29, 1.82) is 0 Å². The molecule has 0 saturated carbocycles. The summed E-state index contributed by atoms with van der Waals surface area (Å²) in [6, 6.07) is 25.2. The summed E-state index contributed by atoms with van der Waals surface area (Å²) < 4.78 is 24.8. The largest absolute Gasteiger partial charge is 0.361 e. The monoisotopic (exact) mass is 336 g/mol. The third-order valence-corrected chi connectivity index (χ3v) is 6.23. The Labute approximate surface area is 141 Å². The highest BCUT2D eigenvalue weighted by molar-refractivity contribution is 7.62. The lowest BCUT2D eigenvalue weighted by molar-refractivity contribution is 0.201. The van der Waals surface area contributed by atoms with Crippen LogP contribution in [-0.4, -0.2) is 7.11 Å². The van der Waals surface area contributed by atoms with Gasteiger partial charge in [0.25, 0.3) is 0 Å². The maximum absolute atomic E-state index is 13.3. The van der Waals surface area contributed by atoms with Gasteiger partial charge in [0.2, 0.25) is 0 Å². The Morgan fingerprint density at radius 1 is 0.750 bits per heavy atom. The molecule has 0 amide bonds. The summed E-state index contributed by atoms with van der Waals surface area (Å²) in [6.45, 7) is 0. The van der Waals surface area contributed by atoms with Gasteiger partial charge in [-0.05, 0) is 34.4 Å². The molecule has 0 spiro atoms. The highest BCUT2D eigenvalue weighted by Gasteiger charge is 2.36. The molecule has 4 rings (SSSR count). The van der Waals surface area contributed by atoms with Gasteiger partial charge in [0, 0.05) is 7.11 Å². The first-order chi connectivity index (χ1) is 11.7. The second kappa shape index (κ2) is 6.03. The quantitative estimate of drug-likeness (QED) is 0.633. The minimum absolute atomic E-state index is 0.400. The molecule has 24 heavy (non-hydrogen) atoms. The summed E-state index contributed by atoms with van der Waals surface area (Å²) in [5.41, 5.74) is 4.28. The third kappa shape index (κ3) is 2.42. The van der Waals surface area contributed by atoms with Crippen LogP contribution in [0.4, 0.5) is 0 Å². The van der Waals surface area contributed by atoms with Crippen LogP contribution in [0.5, 0.6) is 0 Å². The maximum atomic E-state index is 13.3. The lowest BCUT2D eigenvalue weighted by atomic mass is 10.1. The fourth-order valence-corrected chi connectivity index (χ4v) is 4.64. The third-order valence-electron chi connectivity index (χ3n) is 4.33. The number of hydrogen-bond donors (Lipinski definition) is 0. The van der Waals surface area contributed by atoms with Crippen LogP contribution in [0.2, 0.25) is 0 Å². The van der Waals surface area contributed by atoms with Crippen molar-refractivity contribution in [1.82, 2.24) is 0 Å². The molecule has 0 N–H and O–H groups in total. The molecule has 4 heteroatoms. The molecule has 120 valence electrons. The lowest BCUT2D eigenvalue weighted by Gasteiger charge is -2.22. The average Bonchev–Trinajstić information content (AvgIpc) is 2.97. The molecule has 1 aliphatic rings. The van der Waals surface area contributed by atoms with Gasteiger partial charge in [-0.3, -0.25) is 9.09 Å². The number of rotatable bonds is 4. The normalized spacial score (nSPS) is 15.5. The van der Waals surface area contributed by atoms with Gasteiger partial charge in [-0.25, -0.2) is 0 Å². The summed E-state index contributed by atoms with van der Waals surface area (Å²) >= 11 is 0. The van der Waals surface area contributed by atoms with E-state index in [9.17, 15) is 4.57 Å². The molecule has 3 aromatic carbocycles. The van der Waals surface area contributed by atoms with E-state index in [0.717, 1.165) is 22.3 Å². The topological polar surface area (TPSA) is 35.5 Å². The summed E-state index contributed by atoms with van der Waals surface area (Å²) in [4.78, 5) is 0. The summed E-state index contributed by atoms with van der Waals surface area (Å²) in [5.74, 6) is 0. The number of benzene rings is 3. The molecule has 3 nitrogen and oxygen atoms in total. The van der Waals surface area contributed by atoms with Crippen molar-refractivity contribution >= 4 is 12.9 Å². The van der Waals surface area contributed by atoms with Crippen LogP contribution in [0.25, 0.3) is 11.1 Å². The van der Waals surface area contributed by atoms with Crippen LogP contribution in [0, 0.1) is 0 Å². The first-order valence-electron chi connectivity index (χ1n) is 7.81. The van der Waals surface area contributed by atoms with Gasteiger partial charge in [0.05, 0.1) is 5.30 Å². The molecule has 0 aromatic heterocycles. The first kappa shape index (κ1) is 15.3. The Balaban J connectivity index is 1.81. The molecule has 0 bridgehead atoms. The molecule has 1 atom stereocenters. The Morgan fingerprint density at radius 2 is 1.25 bits per heavy atom. The maximum Gasteiger partial charge on any atom is 0.361 e. The summed E-state index contributed by atoms with van der Waals surface area (Å²) in [5, 5.41) is 0.564. The lowest BCUT2D eigenvalue weighted by Crippen LogP contribution is -2.12. The van der Waals surface area contributed by atoms with Gasteiger partial charge in [-0.1, -0.05) is 66.7 Å². The smallest absolute Gasteiger partial charge is 0.309 e. The number of fused-ring (bicyclic) bond motifs is 3. The van der Waals surface area contributed by atoms with Gasteiger partial charge in [-0.2, -0.15) is 0 Å². The van der Waals surface area contributed by atoms with E-state index in [1.54, 1.807) is 12.1 Å². The standard InChI is InChI=1S/C20H17O3P/c1-22-24(21,15-9-3-2-4-10-15)23-20-18-13-7-5-11-16(18)17-12-6-8-14-19(17)20/h2-14,20H,1H3/t24-/m1/s1. The Hall–Kier alpha value is -2.19. The highest BCUT2D eigenvalue weighted by Crippen LogP contribution is 2.56. The fourth-order valence-electron chi connectivity index (χ4n) is 3.18. The molecule has 1 aliphatic carbocycles. The van der Waals surface area contributed by atoms with Gasteiger partial charge >= 0.3 is 7.60 Å². The van der Waals surface area contributed by atoms with Crippen molar-refractivity contribution in [2.45, 2.75) is 6.10 Å². The highest BCUT2D eigenvalue weighted by atomic mass is 31.2. The van der Waals surface area contributed by atoms with Crippen molar-refractivity contribution in [3.05, 3.63) is 90.0 Å². The van der Waals surface area contributed by atoms with E-state index in [-0.39, 0.29) is 0 Å². The minimum Gasteiger partial charge on any atom is -0.309 e. The molecule has 0 fully saturated rings. The second-order valence-corrected chi connectivity index (χ2v) is 7.76. The predicted octanol–water partition coefficient (Wildman–Crippen LogP) is 4.94. The van der Waals surface area contributed by atoms with Gasteiger partial charge in [-0.15, -0.1) is 0 Å². The van der Waals surface area contributed by atoms with Crippen LogP contribution in [0.15, 0.2) is 78.9 Å². The van der Waals surface area contributed by atoms with Crippen molar-refractivity contribution in [3.8, 4) is 11.1 Å². The van der Waals surface area contributed by atoms with E-state index in [0.29, 0.717) is 5.30 Å². The van der Waals surface area contributed by atoms with Crippen molar-refractivity contribution in [3.63, 3.8) is 0 Å². The van der Waals surface area contributed by atoms with E-state index in [4.69, 9.17) is 9.05 Å². The molecule has 3 aromatic rings. The summed E-state index contributed by atoms with van der Waals surface area (Å²) in [6.07, 6.45) is -0.400. The van der Waals surface area contributed by atoms with E-state index in [1.165, 1.54) is 7.11 Å². The first-order valence-corrected chi connectivity index (χ1v) is 9.35. The van der Waals surface area contributed by atoms with Crippen LogP contribution in [0.1, 0.15) is 17.2 Å². The van der Waals surface area contributed by atoms with Crippen molar-refractivity contribution < 1.29 is 13.6 Å². The Bertz CT molecular complexity index is 875. The second-order valence-electron chi connectivity index (χ2n) is 5.68. The van der Waals surface area contributed by atoms with E-state index < -0.39 is 13.7 Å². The van der Waals surface area contributed by atoms with E-state index >= 15 is 0 Å². The zero-order valence-corrected chi connectivity index (χ0v) is 14.1. The van der Waals surface area contributed by atoms with Crippen LogP contribution >= 0.6 is 7.60 Å². The predicted molar refractivity (Wildman–Crippen MR) is 95.5 cm³/mol. The SMILES string of the molecule is CO[P@@](=O)(OC1c2ccccc2-c2ccccc21)c1ccccc1. The van der Waals surface area contributed by atoms with Crippen molar-refractivity contribution in [2.75, 3.05) is 7.11 Å². The molecule has 0 aliphatic heterocycles. The zero-order valence-electron chi connectivity index (χ0n) is 13.3. The van der Waals surface area contributed by atoms with E-state index in [1.807, 2.05) is 54.6 Å². The van der Waals surface area contributed by atoms with Crippen LogP contribution < -0.4 is 5.30 Å². The molecular formula is C20H17O3P.